The summed E-state index contributed by atoms with van der Waals surface area (Å²) in [7, 11) is 0. The normalized spacial score (nSPS) is 15.6. The van der Waals surface area contributed by atoms with Crippen LogP contribution in [0.25, 0.3) is 11.3 Å². The van der Waals surface area contributed by atoms with E-state index in [4.69, 9.17) is 9.72 Å². The van der Waals surface area contributed by atoms with E-state index >= 15 is 0 Å². The van der Waals surface area contributed by atoms with Crippen LogP contribution in [0.15, 0.2) is 53.4 Å². The minimum absolute atomic E-state index is 0.0773. The number of hydrogen-bond acceptors (Lipinski definition) is 7. The molecule has 0 aliphatic carbocycles. The van der Waals surface area contributed by atoms with Crippen LogP contribution in [0, 0.1) is 13.8 Å². The number of aryl methyl sites for hydroxylation is 2. The molecule has 0 spiro atoms. The first kappa shape index (κ1) is 21.1. The van der Waals surface area contributed by atoms with Gasteiger partial charge in [-0.2, -0.15) is 4.98 Å². The minimum Gasteiger partial charge on any atom is -0.478 e. The van der Waals surface area contributed by atoms with Gasteiger partial charge in [0.1, 0.15) is 6.10 Å². The smallest absolute Gasteiger partial charge is 0.335 e. The van der Waals surface area contributed by atoms with E-state index in [0.717, 1.165) is 46.8 Å². The molecule has 0 radical (unpaired) electrons. The van der Waals surface area contributed by atoms with Crippen molar-refractivity contribution in [2.24, 2.45) is 0 Å². The van der Waals surface area contributed by atoms with Crippen molar-refractivity contribution in [2.75, 3.05) is 17.8 Å². The summed E-state index contributed by atoms with van der Waals surface area (Å²) in [4.78, 5) is 21.2. The zero-order valence-corrected chi connectivity index (χ0v) is 18.2. The Labute approximate surface area is 185 Å². The summed E-state index contributed by atoms with van der Waals surface area (Å²) in [6, 6.07) is 14.7. The van der Waals surface area contributed by atoms with Gasteiger partial charge in [-0.3, -0.25) is 4.72 Å². The third-order valence-corrected chi connectivity index (χ3v) is 5.86. The van der Waals surface area contributed by atoms with Crippen molar-refractivity contribution < 1.29 is 14.6 Å². The molecule has 1 fully saturated rings. The topological polar surface area (TPSA) is 96.4 Å². The zero-order chi connectivity index (χ0) is 21.8. The number of benzene rings is 2. The fourth-order valence-electron chi connectivity index (χ4n) is 3.57. The predicted octanol–water partition coefficient (Wildman–Crippen LogP) is 4.32. The number of anilines is 1. The van der Waals surface area contributed by atoms with E-state index in [9.17, 15) is 9.90 Å². The lowest BCUT2D eigenvalue weighted by Gasteiger charge is -2.16. The van der Waals surface area contributed by atoms with Gasteiger partial charge in [-0.05, 0) is 68.1 Å². The van der Waals surface area contributed by atoms with Gasteiger partial charge in [0.05, 0.1) is 11.3 Å². The van der Waals surface area contributed by atoms with Gasteiger partial charge >= 0.3 is 5.97 Å². The van der Waals surface area contributed by atoms with Gasteiger partial charge in [0.15, 0.2) is 0 Å². The lowest BCUT2D eigenvalue weighted by molar-refractivity contribution is 0.0696. The number of carboxylic acids is 1. The van der Waals surface area contributed by atoms with Crippen molar-refractivity contribution in [1.82, 2.24) is 15.3 Å². The Kier molecular flexibility index (Phi) is 6.39. The van der Waals surface area contributed by atoms with Gasteiger partial charge in [-0.1, -0.05) is 24.3 Å². The molecule has 8 heteroatoms. The van der Waals surface area contributed by atoms with E-state index < -0.39 is 5.97 Å². The molecule has 1 aliphatic rings. The van der Waals surface area contributed by atoms with Gasteiger partial charge in [-0.25, -0.2) is 9.78 Å². The molecule has 2 aromatic carbocycles. The molecular weight excluding hydrogens is 412 g/mol. The van der Waals surface area contributed by atoms with Crippen molar-refractivity contribution in [3.63, 3.8) is 0 Å². The van der Waals surface area contributed by atoms with E-state index in [1.807, 2.05) is 18.2 Å². The molecule has 1 unspecified atom stereocenters. The highest BCUT2D eigenvalue weighted by atomic mass is 32.2. The number of hydrogen-bond donors (Lipinski definition) is 3. The minimum atomic E-state index is -0.961. The number of carbonyl (C=O) groups is 1. The molecule has 1 aliphatic heterocycles. The van der Waals surface area contributed by atoms with Crippen LogP contribution in [0.3, 0.4) is 0 Å². The Morgan fingerprint density at radius 3 is 2.65 bits per heavy atom. The van der Waals surface area contributed by atoms with E-state index in [1.54, 1.807) is 18.2 Å². The summed E-state index contributed by atoms with van der Waals surface area (Å²) in [6.45, 7) is 5.85. The fourth-order valence-corrected chi connectivity index (χ4v) is 4.21. The molecule has 3 aromatic rings. The molecule has 1 saturated heterocycles. The number of carboxylic acid groups (broad SMARTS) is 1. The molecule has 4 rings (SSSR count). The lowest BCUT2D eigenvalue weighted by atomic mass is 10.00. The van der Waals surface area contributed by atoms with Gasteiger partial charge < -0.3 is 15.2 Å². The summed E-state index contributed by atoms with van der Waals surface area (Å²) in [5.41, 5.74) is 4.32. The quantitative estimate of drug-likeness (QED) is 0.471. The SMILES string of the molecule is Cc1cccc(C)c1-c1cc(OC2CCNC2)nc(NSc2cccc(C(=O)O)c2)n1. The summed E-state index contributed by atoms with van der Waals surface area (Å²) < 4.78 is 9.27. The summed E-state index contributed by atoms with van der Waals surface area (Å²) >= 11 is 1.26. The highest BCUT2D eigenvalue weighted by Gasteiger charge is 2.19. The second-order valence-electron chi connectivity index (χ2n) is 7.45. The maximum Gasteiger partial charge on any atom is 0.335 e. The van der Waals surface area contributed by atoms with Crippen LogP contribution >= 0.6 is 11.9 Å². The molecule has 160 valence electrons. The first-order valence-corrected chi connectivity index (χ1v) is 10.9. The molecule has 0 amide bonds. The van der Waals surface area contributed by atoms with Gasteiger partial charge in [-0.15, -0.1) is 0 Å². The molecule has 31 heavy (non-hydrogen) atoms. The zero-order valence-electron chi connectivity index (χ0n) is 17.4. The molecule has 2 heterocycles. The van der Waals surface area contributed by atoms with Crippen LogP contribution in [0.5, 0.6) is 5.88 Å². The monoisotopic (exact) mass is 436 g/mol. The second-order valence-corrected chi connectivity index (χ2v) is 8.33. The Morgan fingerprint density at radius 1 is 1.16 bits per heavy atom. The third kappa shape index (κ3) is 5.15. The van der Waals surface area contributed by atoms with Crippen LogP contribution in [-0.4, -0.2) is 40.2 Å². The number of nitrogens with one attached hydrogen (secondary N) is 2. The largest absolute Gasteiger partial charge is 0.478 e. The molecule has 0 saturated carbocycles. The van der Waals surface area contributed by atoms with Crippen LogP contribution in [0.4, 0.5) is 5.95 Å². The van der Waals surface area contributed by atoms with Gasteiger partial charge in [0.25, 0.3) is 0 Å². The van der Waals surface area contributed by atoms with Crippen LogP contribution in [0.1, 0.15) is 27.9 Å². The van der Waals surface area contributed by atoms with E-state index in [1.165, 1.54) is 11.9 Å². The standard InChI is InChI=1S/C23H24N4O3S/c1-14-5-3-6-15(2)21(14)19-12-20(30-17-9-10-24-13-17)26-23(25-19)27-31-18-8-4-7-16(11-18)22(28)29/h3-8,11-12,17,24H,9-10,13H2,1-2H3,(H,28,29)(H,25,26,27). The molecule has 7 nitrogen and oxygen atoms in total. The molecule has 1 aromatic heterocycles. The molecule has 1 atom stereocenters. The van der Waals surface area contributed by atoms with E-state index in [2.05, 4.69) is 41.0 Å². The van der Waals surface area contributed by atoms with Crippen molar-refractivity contribution >= 4 is 23.9 Å². The number of aromatic nitrogens is 2. The van der Waals surface area contributed by atoms with Crippen molar-refractivity contribution in [2.45, 2.75) is 31.3 Å². The summed E-state index contributed by atoms with van der Waals surface area (Å²) in [5.74, 6) is -0.0350. The molecular formula is C23H24N4O3S. The maximum absolute atomic E-state index is 11.2. The third-order valence-electron chi connectivity index (χ3n) is 5.08. The number of rotatable bonds is 7. The Morgan fingerprint density at radius 2 is 1.94 bits per heavy atom. The first-order chi connectivity index (χ1) is 15.0. The number of ether oxygens (including phenoxy) is 1. The Hall–Kier alpha value is -3.10. The highest BCUT2D eigenvalue weighted by molar-refractivity contribution is 8.00. The maximum atomic E-state index is 11.2. The average Bonchev–Trinajstić information content (AvgIpc) is 3.25. The molecule has 0 bridgehead atoms. The van der Waals surface area contributed by atoms with Crippen LogP contribution in [-0.2, 0) is 0 Å². The Bertz CT molecular complexity index is 1080. The van der Waals surface area contributed by atoms with E-state index in [-0.39, 0.29) is 11.7 Å². The van der Waals surface area contributed by atoms with Crippen LogP contribution < -0.4 is 14.8 Å². The summed E-state index contributed by atoms with van der Waals surface area (Å²) in [6.07, 6.45) is 1.01. The molecule has 3 N–H and O–H groups in total. The second kappa shape index (κ2) is 9.36. The van der Waals surface area contributed by atoms with E-state index in [0.29, 0.717) is 11.8 Å². The van der Waals surface area contributed by atoms with Gasteiger partial charge in [0, 0.05) is 23.1 Å². The highest BCUT2D eigenvalue weighted by Crippen LogP contribution is 2.30. The van der Waals surface area contributed by atoms with Gasteiger partial charge in [0.2, 0.25) is 11.8 Å². The first-order valence-electron chi connectivity index (χ1n) is 10.1. The Balaban J connectivity index is 1.64. The van der Waals surface area contributed by atoms with Crippen molar-refractivity contribution in [3.8, 4) is 17.1 Å². The number of aromatic carboxylic acids is 1. The lowest BCUT2D eigenvalue weighted by Crippen LogP contribution is -2.20. The van der Waals surface area contributed by atoms with Crippen LogP contribution in [0.2, 0.25) is 0 Å². The number of nitrogens with zero attached hydrogens (tertiary/aromatic N) is 2. The average molecular weight is 437 g/mol. The summed E-state index contributed by atoms with van der Waals surface area (Å²) in [5, 5.41) is 12.5. The van der Waals surface area contributed by atoms with Crippen molar-refractivity contribution in [3.05, 3.63) is 65.2 Å². The predicted molar refractivity (Wildman–Crippen MR) is 122 cm³/mol. The van der Waals surface area contributed by atoms with Crippen molar-refractivity contribution in [1.29, 1.82) is 0 Å². The fraction of sp³-hybridized carbons (Fsp3) is 0.261.